The summed E-state index contributed by atoms with van der Waals surface area (Å²) in [5.74, 6) is -0.421. The van der Waals surface area contributed by atoms with Gasteiger partial charge in [0.05, 0.1) is 26.4 Å². The highest BCUT2D eigenvalue weighted by Crippen LogP contribution is 2.43. The second-order valence-corrected chi connectivity index (χ2v) is 15.8. The van der Waals surface area contributed by atoms with Gasteiger partial charge < -0.3 is 24.6 Å². The van der Waals surface area contributed by atoms with Crippen LogP contribution in [0.2, 0.25) is 0 Å². The third kappa shape index (κ3) is 40.1. The normalized spacial score (nSPS) is 14.5. The van der Waals surface area contributed by atoms with Crippen LogP contribution in [0.3, 0.4) is 0 Å². The lowest BCUT2D eigenvalue weighted by Crippen LogP contribution is -2.29. The van der Waals surface area contributed by atoms with Crippen LogP contribution in [0.25, 0.3) is 0 Å². The van der Waals surface area contributed by atoms with Crippen molar-refractivity contribution in [2.75, 3.05) is 33.0 Å². The Morgan fingerprint density at radius 3 is 1.56 bits per heavy atom. The fourth-order valence-corrected chi connectivity index (χ4v) is 6.55. The quantitative estimate of drug-likeness (QED) is 0.0240. The fraction of sp³-hybridized carbons (Fsp3) is 0.795. The van der Waals surface area contributed by atoms with Gasteiger partial charge in [0.15, 0.2) is 0 Å². The van der Waals surface area contributed by atoms with Crippen molar-refractivity contribution in [2.45, 2.75) is 193 Å². The summed E-state index contributed by atoms with van der Waals surface area (Å²) in [5.41, 5.74) is 0. The number of phosphoric ester groups is 1. The number of carbonyl (C=O) groups excluding carboxylic acids is 1. The van der Waals surface area contributed by atoms with Gasteiger partial charge in [-0.1, -0.05) is 172 Å². The van der Waals surface area contributed by atoms with Gasteiger partial charge in [-0.3, -0.25) is 13.8 Å². The molecule has 0 heterocycles. The van der Waals surface area contributed by atoms with E-state index in [9.17, 15) is 19.4 Å². The lowest BCUT2D eigenvalue weighted by Gasteiger charge is -2.20. The van der Waals surface area contributed by atoms with Crippen molar-refractivity contribution in [2.24, 2.45) is 0 Å². The van der Waals surface area contributed by atoms with Crippen molar-refractivity contribution in [1.82, 2.24) is 0 Å². The van der Waals surface area contributed by atoms with E-state index in [4.69, 9.17) is 23.6 Å². The molecule has 316 valence electrons. The highest BCUT2D eigenvalue weighted by Gasteiger charge is 2.26. The maximum atomic E-state index is 12.6. The van der Waals surface area contributed by atoms with Gasteiger partial charge in [-0.05, 0) is 51.4 Å². The van der Waals surface area contributed by atoms with Crippen molar-refractivity contribution < 1.29 is 43.0 Å². The Kier molecular flexibility index (Phi) is 39.9. The molecule has 0 saturated carbocycles. The van der Waals surface area contributed by atoms with Crippen LogP contribution in [0.1, 0.15) is 181 Å². The van der Waals surface area contributed by atoms with Crippen molar-refractivity contribution in [1.29, 1.82) is 0 Å². The molecule has 54 heavy (non-hydrogen) atoms. The summed E-state index contributed by atoms with van der Waals surface area (Å²) in [7, 11) is -4.53. The summed E-state index contributed by atoms with van der Waals surface area (Å²) >= 11 is 0. The number of ether oxygens (including phenoxy) is 2. The minimum absolute atomic E-state index is 0.0336. The molecule has 3 atom stereocenters. The number of hydrogen-bond acceptors (Lipinski definition) is 8. The van der Waals surface area contributed by atoms with Crippen LogP contribution in [0.5, 0.6) is 0 Å². The van der Waals surface area contributed by atoms with Crippen molar-refractivity contribution in [3.05, 3.63) is 48.6 Å². The Labute approximate surface area is 330 Å². The molecule has 0 aliphatic rings. The maximum Gasteiger partial charge on any atom is 0.472 e. The standard InChI is InChI=1S/C44H81O9P/c1-3-5-7-9-11-13-15-17-19-20-21-23-25-27-29-31-33-35-37-50-40-43(41-52-54(48,49)51-39-42(46)38-45)53-44(47)36-34-32-30-28-26-24-22-18-16-14-12-10-8-6-4-2/h6,8,12,14,18,22,26,28,42-43,45-46H,3-5,7,9-11,13,15-17,19-21,23-25,27,29-41H2,1-2H3,(H,48,49)/b8-6-,14-12-,22-18-,28-26-. The Morgan fingerprint density at radius 2 is 1.06 bits per heavy atom. The lowest BCUT2D eigenvalue weighted by atomic mass is 10.0. The minimum Gasteiger partial charge on any atom is -0.457 e. The summed E-state index contributed by atoms with van der Waals surface area (Å²) in [6, 6.07) is 0. The summed E-state index contributed by atoms with van der Waals surface area (Å²) in [5, 5.41) is 18.3. The third-order valence-electron chi connectivity index (χ3n) is 9.03. The molecular formula is C44H81O9P. The first-order valence-corrected chi connectivity index (χ1v) is 23.1. The van der Waals surface area contributed by atoms with E-state index < -0.39 is 45.8 Å². The monoisotopic (exact) mass is 785 g/mol. The van der Waals surface area contributed by atoms with Gasteiger partial charge in [0, 0.05) is 13.0 Å². The van der Waals surface area contributed by atoms with Crippen LogP contribution >= 0.6 is 7.82 Å². The molecule has 0 aromatic heterocycles. The molecule has 0 radical (unpaired) electrons. The SMILES string of the molecule is CC/C=C\C/C=C\C/C=C\C/C=C\CCCCC(=O)OC(COCCCCCCCCCCCCCCCCCCCC)COP(=O)(O)OCC(O)CO. The first-order valence-electron chi connectivity index (χ1n) is 21.6. The number of aliphatic hydroxyl groups excluding tert-OH is 2. The first kappa shape index (κ1) is 52.4. The zero-order valence-corrected chi connectivity index (χ0v) is 35.3. The van der Waals surface area contributed by atoms with Crippen LogP contribution < -0.4 is 0 Å². The fourth-order valence-electron chi connectivity index (χ4n) is 5.76. The zero-order valence-electron chi connectivity index (χ0n) is 34.4. The van der Waals surface area contributed by atoms with E-state index in [1.165, 1.54) is 96.3 Å². The summed E-state index contributed by atoms with van der Waals surface area (Å²) in [4.78, 5) is 22.5. The zero-order chi connectivity index (χ0) is 39.6. The van der Waals surface area contributed by atoms with Crippen LogP contribution in [0.15, 0.2) is 48.6 Å². The van der Waals surface area contributed by atoms with Gasteiger partial charge in [0.1, 0.15) is 12.2 Å². The van der Waals surface area contributed by atoms with E-state index in [0.29, 0.717) is 13.0 Å². The van der Waals surface area contributed by atoms with Crippen LogP contribution in [0, 0.1) is 0 Å². The number of rotatable bonds is 41. The van der Waals surface area contributed by atoms with Gasteiger partial charge in [-0.2, -0.15) is 0 Å². The number of unbranched alkanes of at least 4 members (excludes halogenated alkanes) is 19. The number of allylic oxidation sites excluding steroid dienone is 8. The minimum atomic E-state index is -4.53. The molecule has 9 nitrogen and oxygen atoms in total. The maximum absolute atomic E-state index is 12.6. The van der Waals surface area contributed by atoms with E-state index in [0.717, 1.165) is 57.8 Å². The van der Waals surface area contributed by atoms with Crippen molar-refractivity contribution in [3.8, 4) is 0 Å². The second kappa shape index (κ2) is 41.1. The average Bonchev–Trinajstić information content (AvgIpc) is 3.16. The molecule has 0 aromatic carbocycles. The van der Waals surface area contributed by atoms with Gasteiger partial charge in [-0.15, -0.1) is 0 Å². The number of phosphoric acid groups is 1. The molecule has 3 unspecified atom stereocenters. The Morgan fingerprint density at radius 1 is 0.593 bits per heavy atom. The predicted octanol–water partition coefficient (Wildman–Crippen LogP) is 11.8. The van der Waals surface area contributed by atoms with Gasteiger partial charge in [-0.25, -0.2) is 4.57 Å². The third-order valence-corrected chi connectivity index (χ3v) is 9.98. The Hall–Kier alpha value is -1.58. The molecule has 0 fully saturated rings. The Balaban J connectivity index is 4.21. The summed E-state index contributed by atoms with van der Waals surface area (Å²) in [6.07, 6.45) is 45.0. The highest BCUT2D eigenvalue weighted by atomic mass is 31.2. The topological polar surface area (TPSA) is 132 Å². The molecule has 3 N–H and O–H groups in total. The van der Waals surface area contributed by atoms with Crippen molar-refractivity contribution in [3.63, 3.8) is 0 Å². The van der Waals surface area contributed by atoms with Gasteiger partial charge >= 0.3 is 13.8 Å². The van der Waals surface area contributed by atoms with Gasteiger partial charge in [0.2, 0.25) is 0 Å². The molecule has 0 aromatic rings. The van der Waals surface area contributed by atoms with E-state index >= 15 is 0 Å². The largest absolute Gasteiger partial charge is 0.472 e. The molecule has 0 spiro atoms. The molecule has 0 aliphatic carbocycles. The highest BCUT2D eigenvalue weighted by molar-refractivity contribution is 7.47. The molecule has 10 heteroatoms. The molecule has 0 amide bonds. The number of hydrogen-bond donors (Lipinski definition) is 3. The lowest BCUT2D eigenvalue weighted by molar-refractivity contribution is -0.154. The smallest absolute Gasteiger partial charge is 0.457 e. The summed E-state index contributed by atoms with van der Waals surface area (Å²) in [6.45, 7) is 3.36. The van der Waals surface area contributed by atoms with Crippen molar-refractivity contribution >= 4 is 13.8 Å². The van der Waals surface area contributed by atoms with Crippen LogP contribution in [-0.2, 0) is 27.9 Å². The van der Waals surface area contributed by atoms with Crippen LogP contribution in [-0.4, -0.2) is 66.3 Å². The van der Waals surface area contributed by atoms with E-state index in [-0.39, 0.29) is 13.0 Å². The van der Waals surface area contributed by atoms with Gasteiger partial charge in [0.25, 0.3) is 0 Å². The van der Waals surface area contributed by atoms with E-state index in [1.807, 2.05) is 0 Å². The number of aliphatic hydroxyl groups is 2. The molecular weight excluding hydrogens is 703 g/mol. The molecule has 0 bridgehead atoms. The molecule has 0 aliphatic heterocycles. The summed E-state index contributed by atoms with van der Waals surface area (Å²) < 4.78 is 33.3. The average molecular weight is 785 g/mol. The molecule has 0 rings (SSSR count). The van der Waals surface area contributed by atoms with E-state index in [2.05, 4.69) is 62.5 Å². The Bertz CT molecular complexity index is 981. The second-order valence-electron chi connectivity index (χ2n) is 14.3. The predicted molar refractivity (Wildman–Crippen MR) is 223 cm³/mol. The number of esters is 1. The molecule has 0 saturated heterocycles. The first-order chi connectivity index (χ1) is 26.3. The number of carbonyl (C=O) groups is 1. The van der Waals surface area contributed by atoms with Crippen LogP contribution in [0.4, 0.5) is 0 Å². The van der Waals surface area contributed by atoms with E-state index in [1.54, 1.807) is 0 Å².